The number of hydrogen-bond acceptors (Lipinski definition) is 3. The number of aromatic nitrogens is 1. The van der Waals surface area contributed by atoms with E-state index in [9.17, 15) is 0 Å². The molecule has 0 radical (unpaired) electrons. The van der Waals surface area contributed by atoms with E-state index in [2.05, 4.69) is 40.8 Å². The zero-order chi connectivity index (χ0) is 15.4. The molecule has 0 spiro atoms. The first-order valence-electron chi connectivity index (χ1n) is 6.69. The fourth-order valence-corrected chi connectivity index (χ4v) is 2.43. The second-order valence-electron chi connectivity index (χ2n) is 5.05. The van der Waals surface area contributed by atoms with Crippen LogP contribution < -0.4 is 10.5 Å². The van der Waals surface area contributed by atoms with E-state index in [1.165, 1.54) is 0 Å². The van der Waals surface area contributed by atoms with Gasteiger partial charge in [-0.05, 0) is 35.7 Å². The lowest BCUT2D eigenvalue weighted by Gasteiger charge is -2.15. The van der Waals surface area contributed by atoms with Crippen LogP contribution in [0.15, 0.2) is 41.0 Å². The lowest BCUT2D eigenvalue weighted by Crippen LogP contribution is -2.16. The summed E-state index contributed by atoms with van der Waals surface area (Å²) in [7, 11) is 0. The van der Waals surface area contributed by atoms with Crippen LogP contribution in [-0.4, -0.2) is 10.8 Å². The molecule has 0 aliphatic carbocycles. The molecule has 5 heteroatoms. The van der Waals surface area contributed by atoms with E-state index in [1.807, 2.05) is 24.3 Å². The normalized spacial score (nSPS) is 10.7. The molecule has 2 rings (SSSR count). The monoisotopic (exact) mass is 347 g/mol. The molecule has 1 heterocycles. The van der Waals surface area contributed by atoms with Crippen molar-refractivity contribution in [3.8, 4) is 5.75 Å². The molecule has 0 atom stereocenters. The molecule has 0 unspecified atom stereocenters. The van der Waals surface area contributed by atoms with Gasteiger partial charge in [0.15, 0.2) is 0 Å². The summed E-state index contributed by atoms with van der Waals surface area (Å²) < 4.78 is 6.95. The van der Waals surface area contributed by atoms with Gasteiger partial charge in [0.25, 0.3) is 0 Å². The number of nitrogen functional groups attached to an aromatic ring is 1. The molecule has 4 nitrogen and oxygen atoms in total. The summed E-state index contributed by atoms with van der Waals surface area (Å²) in [5.74, 6) is 1.15. The van der Waals surface area contributed by atoms with Crippen molar-refractivity contribution in [3.05, 3.63) is 57.8 Å². The highest BCUT2D eigenvalue weighted by Gasteiger charge is 2.11. The quantitative estimate of drug-likeness (QED) is 0.637. The number of halogens is 1. The lowest BCUT2D eigenvalue weighted by atomic mass is 10.0. The Hall–Kier alpha value is -1.88. The van der Waals surface area contributed by atoms with Crippen molar-refractivity contribution < 1.29 is 4.74 Å². The molecule has 0 amide bonds. The van der Waals surface area contributed by atoms with Gasteiger partial charge in [0, 0.05) is 16.2 Å². The molecule has 110 valence electrons. The van der Waals surface area contributed by atoms with Crippen molar-refractivity contribution >= 4 is 21.8 Å². The highest BCUT2D eigenvalue weighted by atomic mass is 79.9. The van der Waals surface area contributed by atoms with E-state index in [1.54, 1.807) is 6.20 Å². The van der Waals surface area contributed by atoms with Crippen LogP contribution in [0.5, 0.6) is 5.75 Å². The highest BCUT2D eigenvalue weighted by molar-refractivity contribution is 9.10. The largest absolute Gasteiger partial charge is 0.489 e. The van der Waals surface area contributed by atoms with Crippen molar-refractivity contribution in [2.24, 2.45) is 5.73 Å². The molecule has 0 bridgehead atoms. The number of nitrogens with one attached hydrogen (secondary N) is 1. The van der Waals surface area contributed by atoms with Crippen LogP contribution >= 0.6 is 15.9 Å². The topological polar surface area (TPSA) is 72.0 Å². The molecule has 0 saturated heterocycles. The number of pyridine rings is 1. The molecule has 0 aliphatic rings. The van der Waals surface area contributed by atoms with Gasteiger partial charge in [0.05, 0.1) is 0 Å². The summed E-state index contributed by atoms with van der Waals surface area (Å²) in [6.45, 7) is 4.59. The van der Waals surface area contributed by atoms with Gasteiger partial charge in [-0.15, -0.1) is 0 Å². The third-order valence-corrected chi connectivity index (χ3v) is 3.62. The fraction of sp³-hybridized carbons (Fsp3) is 0.250. The summed E-state index contributed by atoms with van der Waals surface area (Å²) in [6, 6.07) is 9.66. The van der Waals surface area contributed by atoms with Crippen LogP contribution in [0.1, 0.15) is 36.6 Å². The predicted molar refractivity (Wildman–Crippen MR) is 87.8 cm³/mol. The number of amidine groups is 1. The number of ether oxygens (including phenoxy) is 1. The van der Waals surface area contributed by atoms with Crippen molar-refractivity contribution in [2.45, 2.75) is 26.4 Å². The molecular formula is C16H18BrN3O. The first-order chi connectivity index (χ1) is 9.99. The number of benzene rings is 1. The van der Waals surface area contributed by atoms with E-state index in [4.69, 9.17) is 15.9 Å². The number of rotatable bonds is 5. The van der Waals surface area contributed by atoms with E-state index in [0.29, 0.717) is 18.2 Å². The standard InChI is InChI=1S/C16H18BrN3O/c1-10(2)13-8-12(17)5-6-14(13)21-9-11-4-3-7-20-15(11)16(18)19/h3-8,10H,9H2,1-2H3,(H3,18,19). The smallest absolute Gasteiger partial charge is 0.142 e. The Balaban J connectivity index is 2.23. The Bertz CT molecular complexity index is 656. The van der Waals surface area contributed by atoms with Crippen LogP contribution in [0.2, 0.25) is 0 Å². The Morgan fingerprint density at radius 1 is 1.38 bits per heavy atom. The van der Waals surface area contributed by atoms with Crippen LogP contribution in [0.4, 0.5) is 0 Å². The zero-order valence-electron chi connectivity index (χ0n) is 12.1. The van der Waals surface area contributed by atoms with Crippen LogP contribution in [-0.2, 0) is 6.61 Å². The van der Waals surface area contributed by atoms with Crippen molar-refractivity contribution in [3.63, 3.8) is 0 Å². The number of nitrogens with two attached hydrogens (primary N) is 1. The molecule has 0 aliphatic heterocycles. The summed E-state index contributed by atoms with van der Waals surface area (Å²) >= 11 is 3.48. The first kappa shape index (κ1) is 15.5. The van der Waals surface area contributed by atoms with Gasteiger partial charge >= 0.3 is 0 Å². The van der Waals surface area contributed by atoms with E-state index in [0.717, 1.165) is 21.3 Å². The van der Waals surface area contributed by atoms with Gasteiger partial charge < -0.3 is 10.5 Å². The van der Waals surface area contributed by atoms with Gasteiger partial charge in [0.1, 0.15) is 23.9 Å². The average Bonchev–Trinajstić information content (AvgIpc) is 2.46. The average molecular weight is 348 g/mol. The zero-order valence-corrected chi connectivity index (χ0v) is 13.6. The third-order valence-electron chi connectivity index (χ3n) is 3.12. The summed E-state index contributed by atoms with van der Waals surface area (Å²) in [4.78, 5) is 4.13. The molecular weight excluding hydrogens is 330 g/mol. The van der Waals surface area contributed by atoms with E-state index >= 15 is 0 Å². The van der Waals surface area contributed by atoms with Crippen molar-refractivity contribution in [1.29, 1.82) is 5.41 Å². The maximum atomic E-state index is 7.55. The maximum absolute atomic E-state index is 7.55. The Morgan fingerprint density at radius 2 is 2.14 bits per heavy atom. The first-order valence-corrected chi connectivity index (χ1v) is 7.49. The SMILES string of the molecule is CC(C)c1cc(Br)ccc1OCc1cccnc1C(=N)N. The molecule has 21 heavy (non-hydrogen) atoms. The second-order valence-corrected chi connectivity index (χ2v) is 5.97. The Kier molecular flexibility index (Phi) is 4.96. The van der Waals surface area contributed by atoms with Crippen molar-refractivity contribution in [2.75, 3.05) is 0 Å². The highest BCUT2D eigenvalue weighted by Crippen LogP contribution is 2.30. The van der Waals surface area contributed by atoms with E-state index in [-0.39, 0.29) is 5.84 Å². The molecule has 1 aromatic heterocycles. The summed E-state index contributed by atoms with van der Waals surface area (Å²) in [5, 5.41) is 7.55. The molecule has 2 aromatic rings. The minimum Gasteiger partial charge on any atom is -0.489 e. The maximum Gasteiger partial charge on any atom is 0.142 e. The van der Waals surface area contributed by atoms with Crippen LogP contribution in [0.25, 0.3) is 0 Å². The second kappa shape index (κ2) is 6.72. The summed E-state index contributed by atoms with van der Waals surface area (Å²) in [5.41, 5.74) is 7.96. The van der Waals surface area contributed by atoms with Crippen molar-refractivity contribution in [1.82, 2.24) is 4.98 Å². The fourth-order valence-electron chi connectivity index (χ4n) is 2.06. The van der Waals surface area contributed by atoms with E-state index < -0.39 is 0 Å². The predicted octanol–water partition coefficient (Wildman–Crippen LogP) is 3.83. The van der Waals surface area contributed by atoms with Crippen LogP contribution in [0, 0.1) is 5.41 Å². The van der Waals surface area contributed by atoms with Gasteiger partial charge in [-0.25, -0.2) is 0 Å². The third kappa shape index (κ3) is 3.82. The Morgan fingerprint density at radius 3 is 2.81 bits per heavy atom. The lowest BCUT2D eigenvalue weighted by molar-refractivity contribution is 0.301. The Labute approximate surface area is 133 Å². The van der Waals surface area contributed by atoms with Gasteiger partial charge in [-0.1, -0.05) is 35.8 Å². The molecule has 0 fully saturated rings. The van der Waals surface area contributed by atoms with Gasteiger partial charge in [0.2, 0.25) is 0 Å². The van der Waals surface area contributed by atoms with Gasteiger partial charge in [-0.3, -0.25) is 10.4 Å². The molecule has 1 aromatic carbocycles. The van der Waals surface area contributed by atoms with Gasteiger partial charge in [-0.2, -0.15) is 0 Å². The minimum atomic E-state index is -0.0471. The molecule has 0 saturated carbocycles. The molecule has 3 N–H and O–H groups in total. The van der Waals surface area contributed by atoms with Crippen LogP contribution in [0.3, 0.4) is 0 Å². The minimum absolute atomic E-state index is 0.0471. The summed E-state index contributed by atoms with van der Waals surface area (Å²) in [6.07, 6.45) is 1.62. The number of nitrogens with zero attached hydrogens (tertiary/aromatic N) is 1. The number of hydrogen-bond donors (Lipinski definition) is 2.